The summed E-state index contributed by atoms with van der Waals surface area (Å²) < 4.78 is 11.8. The SMILES string of the molecule is S=C(NCCOP1N(c2ccccc2)C2CCCCC2N1c1ccccc1)Nc1ccccc1. The van der Waals surface area contributed by atoms with Gasteiger partial charge in [0, 0.05) is 23.6 Å². The van der Waals surface area contributed by atoms with Crippen LogP contribution in [0.4, 0.5) is 17.1 Å². The lowest BCUT2D eigenvalue weighted by Gasteiger charge is -2.32. The number of rotatable bonds is 7. The van der Waals surface area contributed by atoms with Crippen molar-refractivity contribution in [3.8, 4) is 0 Å². The van der Waals surface area contributed by atoms with Gasteiger partial charge in [-0.1, -0.05) is 67.4 Å². The maximum absolute atomic E-state index is 6.70. The minimum Gasteiger partial charge on any atom is -0.360 e. The van der Waals surface area contributed by atoms with Gasteiger partial charge in [0.05, 0.1) is 18.7 Å². The first-order chi connectivity index (χ1) is 16.8. The highest BCUT2D eigenvalue weighted by Gasteiger charge is 2.49. The summed E-state index contributed by atoms with van der Waals surface area (Å²) in [6, 6.07) is 32.5. The van der Waals surface area contributed by atoms with Crippen LogP contribution in [-0.2, 0) is 4.52 Å². The Morgan fingerprint density at radius 2 is 1.29 bits per heavy atom. The molecule has 2 N–H and O–H groups in total. The molecule has 7 heteroatoms. The Morgan fingerprint density at radius 1 is 0.794 bits per heavy atom. The molecule has 0 amide bonds. The van der Waals surface area contributed by atoms with Gasteiger partial charge in [0.2, 0.25) is 8.45 Å². The molecule has 2 aliphatic rings. The number of benzene rings is 3. The van der Waals surface area contributed by atoms with E-state index in [-0.39, 0.29) is 0 Å². The number of thiocarbonyl (C=S) groups is 1. The van der Waals surface area contributed by atoms with Crippen molar-refractivity contribution in [1.82, 2.24) is 5.32 Å². The van der Waals surface area contributed by atoms with Crippen molar-refractivity contribution in [2.45, 2.75) is 37.8 Å². The van der Waals surface area contributed by atoms with E-state index < -0.39 is 8.45 Å². The molecular formula is C27H31N4OPS. The highest BCUT2D eigenvalue weighted by molar-refractivity contribution is 7.80. The van der Waals surface area contributed by atoms with E-state index in [0.717, 1.165) is 5.69 Å². The van der Waals surface area contributed by atoms with E-state index in [0.29, 0.717) is 30.3 Å². The Bertz CT molecular complexity index is 1000. The Balaban J connectivity index is 1.31. The molecule has 0 spiro atoms. The van der Waals surface area contributed by atoms with Gasteiger partial charge < -0.3 is 24.5 Å². The third-order valence-electron chi connectivity index (χ3n) is 6.36. The minimum absolute atomic E-state index is 0.469. The van der Waals surface area contributed by atoms with Crippen molar-refractivity contribution >= 4 is 42.8 Å². The smallest absolute Gasteiger partial charge is 0.249 e. The van der Waals surface area contributed by atoms with E-state index in [4.69, 9.17) is 16.7 Å². The molecule has 5 nitrogen and oxygen atoms in total. The summed E-state index contributed by atoms with van der Waals surface area (Å²) >= 11 is 5.47. The minimum atomic E-state index is -0.991. The summed E-state index contributed by atoms with van der Waals surface area (Å²) in [4.78, 5) is 0. The Labute approximate surface area is 209 Å². The lowest BCUT2D eigenvalue weighted by atomic mass is 9.90. The second-order valence-corrected chi connectivity index (χ2v) is 10.6. The maximum atomic E-state index is 6.70. The average molecular weight is 491 g/mol. The van der Waals surface area contributed by atoms with Crippen LogP contribution in [0.25, 0.3) is 0 Å². The van der Waals surface area contributed by atoms with Crippen molar-refractivity contribution in [2.75, 3.05) is 27.8 Å². The first-order valence-corrected chi connectivity index (χ1v) is 13.6. The van der Waals surface area contributed by atoms with Crippen LogP contribution in [0.15, 0.2) is 91.0 Å². The third kappa shape index (κ3) is 5.20. The zero-order chi connectivity index (χ0) is 23.2. The van der Waals surface area contributed by atoms with Crippen molar-refractivity contribution in [3.63, 3.8) is 0 Å². The van der Waals surface area contributed by atoms with Crippen LogP contribution in [-0.4, -0.2) is 30.3 Å². The summed E-state index contributed by atoms with van der Waals surface area (Å²) in [6.45, 7) is 1.23. The topological polar surface area (TPSA) is 39.8 Å². The summed E-state index contributed by atoms with van der Waals surface area (Å²) in [5.41, 5.74) is 3.48. The standard InChI is InChI=1S/C27H31N4OPS/c34-27(29-22-12-4-1-5-13-22)28-20-21-32-33-30(23-14-6-2-7-15-23)25-18-10-11-19-26(25)31(33)24-16-8-3-9-17-24/h1-9,12-17,25-26H,10-11,18-21H2,(H2,28,29,34). The normalized spacial score (nSPS) is 21.7. The molecule has 1 saturated carbocycles. The molecule has 1 heterocycles. The van der Waals surface area contributed by atoms with Crippen LogP contribution in [0, 0.1) is 0 Å². The lowest BCUT2D eigenvalue weighted by Crippen LogP contribution is -2.40. The first kappa shape index (κ1) is 23.1. The second-order valence-electron chi connectivity index (χ2n) is 8.61. The van der Waals surface area contributed by atoms with Crippen molar-refractivity contribution in [3.05, 3.63) is 91.0 Å². The molecule has 1 aliphatic heterocycles. The fourth-order valence-corrected chi connectivity index (χ4v) is 7.51. The van der Waals surface area contributed by atoms with Gasteiger partial charge in [0.1, 0.15) is 0 Å². The summed E-state index contributed by atoms with van der Waals surface area (Å²) in [5.74, 6) is 0. The highest BCUT2D eigenvalue weighted by atomic mass is 32.1. The van der Waals surface area contributed by atoms with Crippen LogP contribution in [0.1, 0.15) is 25.7 Å². The molecule has 176 valence electrons. The summed E-state index contributed by atoms with van der Waals surface area (Å²) in [7, 11) is -0.991. The van der Waals surface area contributed by atoms with Crippen LogP contribution in [0.2, 0.25) is 0 Å². The quantitative estimate of drug-likeness (QED) is 0.222. The molecule has 5 rings (SSSR count). The van der Waals surface area contributed by atoms with E-state index in [9.17, 15) is 0 Å². The molecule has 3 aromatic rings. The number of nitrogens with one attached hydrogen (secondary N) is 2. The fraction of sp³-hybridized carbons (Fsp3) is 0.296. The largest absolute Gasteiger partial charge is 0.360 e. The van der Waals surface area contributed by atoms with E-state index in [1.165, 1.54) is 37.1 Å². The van der Waals surface area contributed by atoms with Gasteiger partial charge in [0.15, 0.2) is 5.11 Å². The first-order valence-electron chi connectivity index (χ1n) is 12.0. The number of nitrogens with zero attached hydrogens (tertiary/aromatic N) is 2. The van der Waals surface area contributed by atoms with E-state index in [1.54, 1.807) is 0 Å². The zero-order valence-electron chi connectivity index (χ0n) is 19.2. The molecular weight excluding hydrogens is 459 g/mol. The lowest BCUT2D eigenvalue weighted by molar-refractivity contribution is 0.356. The number of hydrogen-bond donors (Lipinski definition) is 2. The van der Waals surface area contributed by atoms with E-state index >= 15 is 0 Å². The van der Waals surface area contributed by atoms with E-state index in [2.05, 4.69) is 80.6 Å². The predicted octanol–water partition coefficient (Wildman–Crippen LogP) is 6.55. The monoisotopic (exact) mass is 490 g/mol. The van der Waals surface area contributed by atoms with Gasteiger partial charge in [-0.15, -0.1) is 0 Å². The number of anilines is 3. The number of fused-ring (bicyclic) bond motifs is 1. The van der Waals surface area contributed by atoms with Crippen molar-refractivity contribution in [2.24, 2.45) is 0 Å². The van der Waals surface area contributed by atoms with Crippen LogP contribution in [0.3, 0.4) is 0 Å². The Kier molecular flexibility index (Phi) is 7.59. The second kappa shape index (κ2) is 11.2. The summed E-state index contributed by atoms with van der Waals surface area (Å²) in [6.07, 6.45) is 4.96. The van der Waals surface area contributed by atoms with Crippen molar-refractivity contribution < 1.29 is 4.52 Å². The van der Waals surface area contributed by atoms with Crippen LogP contribution >= 0.6 is 20.7 Å². The van der Waals surface area contributed by atoms with Gasteiger partial charge >= 0.3 is 0 Å². The fourth-order valence-electron chi connectivity index (χ4n) is 4.87. The molecule has 1 saturated heterocycles. The molecule has 2 unspecified atom stereocenters. The van der Waals surface area contributed by atoms with E-state index in [1.807, 2.05) is 30.3 Å². The Hall–Kier alpha value is -2.66. The molecule has 0 bridgehead atoms. The van der Waals surface area contributed by atoms with Crippen molar-refractivity contribution in [1.29, 1.82) is 0 Å². The van der Waals surface area contributed by atoms with Crippen LogP contribution in [0.5, 0.6) is 0 Å². The van der Waals surface area contributed by atoms with Gasteiger partial charge in [-0.2, -0.15) is 0 Å². The predicted molar refractivity (Wildman–Crippen MR) is 147 cm³/mol. The van der Waals surface area contributed by atoms with Gasteiger partial charge in [-0.05, 0) is 61.5 Å². The molecule has 1 aliphatic carbocycles. The van der Waals surface area contributed by atoms with Gasteiger partial charge in [0.25, 0.3) is 0 Å². The Morgan fingerprint density at radius 3 is 1.82 bits per heavy atom. The maximum Gasteiger partial charge on any atom is 0.249 e. The third-order valence-corrected chi connectivity index (χ3v) is 8.81. The molecule has 2 atom stereocenters. The van der Waals surface area contributed by atoms with Gasteiger partial charge in [-0.25, -0.2) is 0 Å². The number of hydrogen-bond acceptors (Lipinski definition) is 4. The average Bonchev–Trinajstić information content (AvgIpc) is 3.22. The number of para-hydroxylation sites is 3. The summed E-state index contributed by atoms with van der Waals surface area (Å²) in [5, 5.41) is 7.14. The van der Waals surface area contributed by atoms with Gasteiger partial charge in [-0.3, -0.25) is 0 Å². The molecule has 0 aromatic heterocycles. The zero-order valence-corrected chi connectivity index (χ0v) is 20.9. The molecule has 0 radical (unpaired) electrons. The van der Waals surface area contributed by atoms with Crippen LogP contribution < -0.4 is 20.0 Å². The molecule has 2 fully saturated rings. The highest BCUT2D eigenvalue weighted by Crippen LogP contribution is 2.60. The molecule has 3 aromatic carbocycles. The molecule has 34 heavy (non-hydrogen) atoms.